The van der Waals surface area contributed by atoms with E-state index in [4.69, 9.17) is 4.52 Å². The zero-order valence-electron chi connectivity index (χ0n) is 14.5. The van der Waals surface area contributed by atoms with Crippen LogP contribution >= 0.6 is 0 Å². The first kappa shape index (κ1) is 15.9. The number of amides is 1. The van der Waals surface area contributed by atoms with Gasteiger partial charge < -0.3 is 14.4 Å². The molecule has 0 unspecified atom stereocenters. The average molecular weight is 338 g/mol. The molecule has 0 radical (unpaired) electrons. The molecule has 1 aromatic carbocycles. The lowest BCUT2D eigenvalue weighted by molar-refractivity contribution is -0.131. The Morgan fingerprint density at radius 1 is 1.40 bits per heavy atom. The topological polar surface area (TPSA) is 75.0 Å². The molecule has 6 nitrogen and oxygen atoms in total. The number of hydrogen-bond acceptors (Lipinski definition) is 4. The molecule has 1 aliphatic rings. The SMILES string of the molecule is CC(C)c1nc([C@@H]2CCCN2C(=O)Cc2c[nH]c3ccccc23)no1. The summed E-state index contributed by atoms with van der Waals surface area (Å²) in [6.07, 6.45) is 4.17. The summed E-state index contributed by atoms with van der Waals surface area (Å²) in [6.45, 7) is 4.79. The van der Waals surface area contributed by atoms with Crippen molar-refractivity contribution < 1.29 is 9.32 Å². The highest BCUT2D eigenvalue weighted by Gasteiger charge is 2.33. The minimum Gasteiger partial charge on any atom is -0.361 e. The van der Waals surface area contributed by atoms with Gasteiger partial charge in [0.2, 0.25) is 11.8 Å². The normalized spacial score (nSPS) is 17.7. The molecule has 1 amide bonds. The van der Waals surface area contributed by atoms with Crippen molar-refractivity contribution in [3.8, 4) is 0 Å². The molecule has 1 aliphatic heterocycles. The van der Waals surface area contributed by atoms with Gasteiger partial charge in [0.25, 0.3) is 0 Å². The van der Waals surface area contributed by atoms with Gasteiger partial charge in [-0.1, -0.05) is 37.2 Å². The lowest BCUT2D eigenvalue weighted by Gasteiger charge is -2.22. The van der Waals surface area contributed by atoms with E-state index >= 15 is 0 Å². The van der Waals surface area contributed by atoms with Gasteiger partial charge in [0, 0.05) is 29.6 Å². The van der Waals surface area contributed by atoms with Crippen molar-refractivity contribution in [1.29, 1.82) is 0 Å². The van der Waals surface area contributed by atoms with Crippen LogP contribution in [-0.4, -0.2) is 32.5 Å². The maximum absolute atomic E-state index is 12.9. The van der Waals surface area contributed by atoms with Crippen molar-refractivity contribution in [2.75, 3.05) is 6.54 Å². The lowest BCUT2D eigenvalue weighted by atomic mass is 10.1. The second-order valence-electron chi connectivity index (χ2n) is 6.93. The molecular weight excluding hydrogens is 316 g/mol. The van der Waals surface area contributed by atoms with Crippen LogP contribution in [0.5, 0.6) is 0 Å². The number of nitrogens with zero attached hydrogens (tertiary/aromatic N) is 3. The summed E-state index contributed by atoms with van der Waals surface area (Å²) in [6, 6.07) is 7.98. The van der Waals surface area contributed by atoms with Gasteiger partial charge >= 0.3 is 0 Å². The summed E-state index contributed by atoms with van der Waals surface area (Å²) < 4.78 is 5.33. The largest absolute Gasteiger partial charge is 0.361 e. The van der Waals surface area contributed by atoms with Gasteiger partial charge in [-0.25, -0.2) is 0 Å². The number of nitrogens with one attached hydrogen (secondary N) is 1. The molecular formula is C19H22N4O2. The molecule has 130 valence electrons. The highest BCUT2D eigenvalue weighted by atomic mass is 16.5. The van der Waals surface area contributed by atoms with Gasteiger partial charge in [0.15, 0.2) is 5.82 Å². The Kier molecular flexibility index (Phi) is 4.03. The number of aromatic amines is 1. The van der Waals surface area contributed by atoms with Crippen molar-refractivity contribution in [2.24, 2.45) is 0 Å². The van der Waals surface area contributed by atoms with E-state index in [9.17, 15) is 4.79 Å². The van der Waals surface area contributed by atoms with Crippen molar-refractivity contribution >= 4 is 16.8 Å². The lowest BCUT2D eigenvalue weighted by Crippen LogP contribution is -2.32. The number of fused-ring (bicyclic) bond motifs is 1. The molecule has 1 saturated heterocycles. The summed E-state index contributed by atoms with van der Waals surface area (Å²) in [4.78, 5) is 22.5. The quantitative estimate of drug-likeness (QED) is 0.789. The van der Waals surface area contributed by atoms with E-state index in [0.29, 0.717) is 18.1 Å². The highest BCUT2D eigenvalue weighted by molar-refractivity contribution is 5.89. The third-order valence-electron chi connectivity index (χ3n) is 4.84. The second kappa shape index (κ2) is 6.35. The molecule has 6 heteroatoms. The van der Waals surface area contributed by atoms with Crippen molar-refractivity contribution in [1.82, 2.24) is 20.0 Å². The molecule has 4 rings (SSSR count). The summed E-state index contributed by atoms with van der Waals surface area (Å²) in [5.41, 5.74) is 2.09. The molecule has 1 N–H and O–H groups in total. The summed E-state index contributed by atoms with van der Waals surface area (Å²) in [5, 5.41) is 5.22. The van der Waals surface area contributed by atoms with E-state index in [-0.39, 0.29) is 17.9 Å². The predicted molar refractivity (Wildman–Crippen MR) is 94.1 cm³/mol. The minimum atomic E-state index is -0.0750. The fourth-order valence-corrected chi connectivity index (χ4v) is 3.49. The van der Waals surface area contributed by atoms with Crippen LogP contribution in [0.3, 0.4) is 0 Å². The highest BCUT2D eigenvalue weighted by Crippen LogP contribution is 2.32. The van der Waals surface area contributed by atoms with Crippen LogP contribution in [0.25, 0.3) is 10.9 Å². The number of H-pyrrole nitrogens is 1. The van der Waals surface area contributed by atoms with E-state index < -0.39 is 0 Å². The Labute approximate surface area is 146 Å². The zero-order chi connectivity index (χ0) is 17.4. The Hall–Kier alpha value is -2.63. The molecule has 3 heterocycles. The Balaban J connectivity index is 1.54. The first-order chi connectivity index (χ1) is 12.1. The predicted octanol–water partition coefficient (Wildman–Crippen LogP) is 3.58. The van der Waals surface area contributed by atoms with Crippen LogP contribution < -0.4 is 0 Å². The van der Waals surface area contributed by atoms with Gasteiger partial charge in [0.1, 0.15) is 0 Å². The van der Waals surface area contributed by atoms with E-state index in [1.165, 1.54) is 0 Å². The third-order valence-corrected chi connectivity index (χ3v) is 4.84. The van der Waals surface area contributed by atoms with E-state index in [0.717, 1.165) is 35.9 Å². The molecule has 1 fully saturated rings. The van der Waals surface area contributed by atoms with Gasteiger partial charge in [-0.2, -0.15) is 4.98 Å². The average Bonchev–Trinajstić information content (AvgIpc) is 3.34. The first-order valence-electron chi connectivity index (χ1n) is 8.81. The summed E-state index contributed by atoms with van der Waals surface area (Å²) in [5.74, 6) is 1.57. The maximum Gasteiger partial charge on any atom is 0.229 e. The number of carbonyl (C=O) groups is 1. The Morgan fingerprint density at radius 3 is 3.04 bits per heavy atom. The number of benzene rings is 1. The summed E-state index contributed by atoms with van der Waals surface area (Å²) in [7, 11) is 0. The van der Waals surface area contributed by atoms with Gasteiger partial charge in [0.05, 0.1) is 12.5 Å². The van der Waals surface area contributed by atoms with Crippen molar-refractivity contribution in [3.63, 3.8) is 0 Å². The molecule has 3 aromatic rings. The fourth-order valence-electron chi connectivity index (χ4n) is 3.49. The van der Waals surface area contributed by atoms with E-state index in [1.807, 2.05) is 49.2 Å². The molecule has 0 spiro atoms. The van der Waals surface area contributed by atoms with Crippen LogP contribution in [0.1, 0.15) is 55.9 Å². The number of aromatic nitrogens is 3. The monoisotopic (exact) mass is 338 g/mol. The number of rotatable bonds is 4. The van der Waals surface area contributed by atoms with Gasteiger partial charge in [-0.05, 0) is 24.5 Å². The number of likely N-dealkylation sites (tertiary alicyclic amines) is 1. The summed E-state index contributed by atoms with van der Waals surface area (Å²) >= 11 is 0. The maximum atomic E-state index is 12.9. The van der Waals surface area contributed by atoms with Crippen LogP contribution in [0, 0.1) is 0 Å². The number of para-hydroxylation sites is 1. The van der Waals surface area contributed by atoms with Gasteiger partial charge in [-0.3, -0.25) is 4.79 Å². The van der Waals surface area contributed by atoms with Crippen LogP contribution in [0.2, 0.25) is 0 Å². The molecule has 25 heavy (non-hydrogen) atoms. The molecule has 1 atom stereocenters. The Bertz CT molecular complexity index is 896. The minimum absolute atomic E-state index is 0.0750. The van der Waals surface area contributed by atoms with Crippen LogP contribution in [0.4, 0.5) is 0 Å². The van der Waals surface area contributed by atoms with Crippen molar-refractivity contribution in [2.45, 2.75) is 45.1 Å². The first-order valence-corrected chi connectivity index (χ1v) is 8.81. The number of hydrogen-bond donors (Lipinski definition) is 1. The molecule has 0 bridgehead atoms. The smallest absolute Gasteiger partial charge is 0.229 e. The molecule has 0 saturated carbocycles. The number of carbonyl (C=O) groups excluding carboxylic acids is 1. The Morgan fingerprint density at radius 2 is 2.24 bits per heavy atom. The van der Waals surface area contributed by atoms with Gasteiger partial charge in [-0.15, -0.1) is 0 Å². The second-order valence-corrected chi connectivity index (χ2v) is 6.93. The molecule has 2 aromatic heterocycles. The van der Waals surface area contributed by atoms with E-state index in [2.05, 4.69) is 15.1 Å². The van der Waals surface area contributed by atoms with Crippen molar-refractivity contribution in [3.05, 3.63) is 47.7 Å². The molecule has 0 aliphatic carbocycles. The third kappa shape index (κ3) is 2.92. The van der Waals surface area contributed by atoms with Crippen LogP contribution in [0.15, 0.2) is 35.0 Å². The van der Waals surface area contributed by atoms with E-state index in [1.54, 1.807) is 0 Å². The standard InChI is InChI=1S/C19H22N4O2/c1-12(2)19-21-18(22-25-19)16-8-5-9-23(16)17(24)10-13-11-20-15-7-4-3-6-14(13)15/h3-4,6-7,11-12,16,20H,5,8-10H2,1-2H3/t16-/m0/s1. The zero-order valence-corrected chi connectivity index (χ0v) is 14.5. The van der Waals surface area contributed by atoms with Crippen LogP contribution in [-0.2, 0) is 11.2 Å². The fraction of sp³-hybridized carbons (Fsp3) is 0.421.